The first kappa shape index (κ1) is 18.2. The second kappa shape index (κ2) is 7.43. The number of nitrogens with zero attached hydrogens (tertiary/aromatic N) is 1. The number of carbonyl (C=O) groups is 1. The molecule has 0 aliphatic heterocycles. The lowest BCUT2D eigenvalue weighted by atomic mass is 9.85. The van der Waals surface area contributed by atoms with Gasteiger partial charge in [0.2, 0.25) is 5.91 Å². The van der Waals surface area contributed by atoms with Gasteiger partial charge in [-0.2, -0.15) is 5.10 Å². The van der Waals surface area contributed by atoms with Crippen molar-refractivity contribution < 1.29 is 4.79 Å². The van der Waals surface area contributed by atoms with E-state index >= 15 is 0 Å². The van der Waals surface area contributed by atoms with E-state index in [9.17, 15) is 4.79 Å². The lowest BCUT2D eigenvalue weighted by molar-refractivity contribution is -0.122. The van der Waals surface area contributed by atoms with E-state index in [2.05, 4.69) is 72.9 Å². The molecule has 1 unspecified atom stereocenters. The highest BCUT2D eigenvalue weighted by atomic mass is 16.2. The molecule has 3 aromatic rings. The predicted molar refractivity (Wildman–Crippen MR) is 113 cm³/mol. The first-order chi connectivity index (χ1) is 13.6. The van der Waals surface area contributed by atoms with E-state index in [4.69, 9.17) is 0 Å². The molecular weight excluding hydrogens is 344 g/mol. The minimum absolute atomic E-state index is 0.0340. The molecule has 1 N–H and O–H groups in total. The third-order valence-electron chi connectivity index (χ3n) is 5.60. The summed E-state index contributed by atoms with van der Waals surface area (Å²) in [5, 5.41) is 4.16. The quantitative estimate of drug-likeness (QED) is 0.512. The second-order valence-electron chi connectivity index (χ2n) is 7.61. The smallest absolute Gasteiger partial charge is 0.244 e. The van der Waals surface area contributed by atoms with Gasteiger partial charge in [0.25, 0.3) is 0 Å². The summed E-state index contributed by atoms with van der Waals surface area (Å²) in [5.41, 5.74) is 8.25. The second-order valence-corrected chi connectivity index (χ2v) is 7.61. The monoisotopic (exact) mass is 368 g/mol. The van der Waals surface area contributed by atoms with Crippen LogP contribution in [0.25, 0.3) is 0 Å². The fourth-order valence-corrected chi connectivity index (χ4v) is 3.87. The van der Waals surface area contributed by atoms with Gasteiger partial charge in [-0.1, -0.05) is 90.0 Å². The van der Waals surface area contributed by atoms with E-state index in [1.165, 1.54) is 22.3 Å². The highest BCUT2D eigenvalue weighted by Gasteiger charge is 2.60. The maximum absolute atomic E-state index is 12.9. The zero-order valence-corrected chi connectivity index (χ0v) is 16.2. The third-order valence-corrected chi connectivity index (χ3v) is 5.60. The molecule has 1 amide bonds. The van der Waals surface area contributed by atoms with Crippen molar-refractivity contribution in [2.75, 3.05) is 0 Å². The van der Waals surface area contributed by atoms with Crippen molar-refractivity contribution in [3.63, 3.8) is 0 Å². The Morgan fingerprint density at radius 2 is 1.43 bits per heavy atom. The van der Waals surface area contributed by atoms with Crippen LogP contribution in [-0.2, 0) is 10.2 Å². The van der Waals surface area contributed by atoms with E-state index < -0.39 is 0 Å². The Hall–Kier alpha value is -3.20. The molecule has 3 heteroatoms. The maximum Gasteiger partial charge on any atom is 0.244 e. The molecule has 0 aromatic heterocycles. The molecule has 0 bridgehead atoms. The lowest BCUT2D eigenvalue weighted by Gasteiger charge is -2.19. The Bertz CT molecular complexity index is 943. The number of aryl methyl sites for hydroxylation is 2. The lowest BCUT2D eigenvalue weighted by Crippen LogP contribution is -2.25. The van der Waals surface area contributed by atoms with Gasteiger partial charge in [-0.15, -0.1) is 0 Å². The molecular formula is C25H24N2O. The minimum Gasteiger partial charge on any atom is -0.273 e. The summed E-state index contributed by atoms with van der Waals surface area (Å²) in [4.78, 5) is 12.9. The summed E-state index contributed by atoms with van der Waals surface area (Å²) in [6.07, 6.45) is 2.48. The van der Waals surface area contributed by atoms with E-state index in [1.807, 2.05) is 30.3 Å². The molecule has 1 atom stereocenters. The zero-order chi connectivity index (χ0) is 19.6. The molecule has 0 heterocycles. The van der Waals surface area contributed by atoms with Crippen molar-refractivity contribution >= 4 is 12.1 Å². The van der Waals surface area contributed by atoms with Crippen LogP contribution in [0.2, 0.25) is 0 Å². The average molecular weight is 368 g/mol. The Morgan fingerprint density at radius 3 is 1.96 bits per heavy atom. The van der Waals surface area contributed by atoms with Gasteiger partial charge in [-0.25, -0.2) is 5.43 Å². The van der Waals surface area contributed by atoms with Crippen LogP contribution >= 0.6 is 0 Å². The molecule has 1 fully saturated rings. The summed E-state index contributed by atoms with van der Waals surface area (Å²) in [7, 11) is 0. The summed E-state index contributed by atoms with van der Waals surface area (Å²) >= 11 is 0. The van der Waals surface area contributed by atoms with Gasteiger partial charge in [0.1, 0.15) is 0 Å². The molecule has 1 saturated carbocycles. The first-order valence-electron chi connectivity index (χ1n) is 9.62. The molecule has 1 aliphatic rings. The molecule has 1 aliphatic carbocycles. The van der Waals surface area contributed by atoms with Crippen molar-refractivity contribution in [3.05, 3.63) is 107 Å². The fourth-order valence-electron chi connectivity index (χ4n) is 3.87. The van der Waals surface area contributed by atoms with Gasteiger partial charge in [0.15, 0.2) is 0 Å². The van der Waals surface area contributed by atoms with Gasteiger partial charge in [-0.3, -0.25) is 4.79 Å². The number of hydrogen-bond donors (Lipinski definition) is 1. The van der Waals surface area contributed by atoms with Crippen molar-refractivity contribution in [1.29, 1.82) is 0 Å². The Labute approximate surface area is 166 Å². The van der Waals surface area contributed by atoms with Crippen LogP contribution in [0.3, 0.4) is 0 Å². The van der Waals surface area contributed by atoms with Crippen LogP contribution in [0.4, 0.5) is 0 Å². The minimum atomic E-state index is -0.270. The van der Waals surface area contributed by atoms with Crippen LogP contribution in [0.1, 0.15) is 34.2 Å². The number of hydrazone groups is 1. The van der Waals surface area contributed by atoms with E-state index in [1.54, 1.807) is 6.21 Å². The third kappa shape index (κ3) is 3.48. The van der Waals surface area contributed by atoms with Crippen LogP contribution < -0.4 is 5.43 Å². The van der Waals surface area contributed by atoms with Gasteiger partial charge < -0.3 is 0 Å². The first-order valence-corrected chi connectivity index (χ1v) is 9.62. The molecule has 0 radical (unpaired) electrons. The van der Waals surface area contributed by atoms with Crippen molar-refractivity contribution in [1.82, 2.24) is 5.43 Å². The Balaban J connectivity index is 1.58. The van der Waals surface area contributed by atoms with Gasteiger partial charge in [-0.05, 0) is 37.0 Å². The summed E-state index contributed by atoms with van der Waals surface area (Å²) < 4.78 is 0. The molecule has 140 valence electrons. The van der Waals surface area contributed by atoms with Crippen LogP contribution in [0, 0.1) is 19.8 Å². The zero-order valence-electron chi connectivity index (χ0n) is 16.2. The number of benzene rings is 3. The summed E-state index contributed by atoms with van der Waals surface area (Å²) in [5.74, 6) is -0.154. The van der Waals surface area contributed by atoms with E-state index in [0.717, 1.165) is 12.0 Å². The number of carbonyl (C=O) groups excluding carboxylic acids is 1. The Kier molecular flexibility index (Phi) is 4.82. The van der Waals surface area contributed by atoms with Crippen LogP contribution in [0.15, 0.2) is 84.0 Å². The van der Waals surface area contributed by atoms with Gasteiger partial charge in [0.05, 0.1) is 12.1 Å². The normalized spacial score (nSPS) is 17.4. The predicted octanol–water partition coefficient (Wildman–Crippen LogP) is 4.76. The number of hydrogen-bond acceptors (Lipinski definition) is 2. The number of amides is 1. The van der Waals surface area contributed by atoms with E-state index in [-0.39, 0.29) is 17.2 Å². The summed E-state index contributed by atoms with van der Waals surface area (Å²) in [6, 6.07) is 26.8. The molecule has 3 aromatic carbocycles. The van der Waals surface area contributed by atoms with Gasteiger partial charge >= 0.3 is 0 Å². The van der Waals surface area contributed by atoms with Gasteiger partial charge in [0, 0.05) is 5.41 Å². The van der Waals surface area contributed by atoms with Crippen molar-refractivity contribution in [2.24, 2.45) is 11.0 Å². The molecule has 0 saturated heterocycles. The largest absolute Gasteiger partial charge is 0.273 e. The van der Waals surface area contributed by atoms with Crippen molar-refractivity contribution in [2.45, 2.75) is 25.7 Å². The van der Waals surface area contributed by atoms with Crippen LogP contribution in [0.5, 0.6) is 0 Å². The topological polar surface area (TPSA) is 41.5 Å². The SMILES string of the molecule is Cc1ccc(C2(c3ccc(C)cc3)CC2C(=O)N/N=C\c2ccccc2)cc1. The standard InChI is InChI=1S/C25H24N2O/c1-18-8-12-21(13-9-18)25(22-14-10-19(2)11-15-22)16-23(25)24(28)27-26-17-20-6-4-3-5-7-20/h3-15,17,23H,16H2,1-2H3,(H,27,28)/b26-17-. The molecule has 0 spiro atoms. The molecule has 28 heavy (non-hydrogen) atoms. The highest BCUT2D eigenvalue weighted by Crippen LogP contribution is 2.59. The highest BCUT2D eigenvalue weighted by molar-refractivity contribution is 5.87. The van der Waals surface area contributed by atoms with E-state index in [0.29, 0.717) is 0 Å². The summed E-state index contributed by atoms with van der Waals surface area (Å²) in [6.45, 7) is 4.16. The average Bonchev–Trinajstić information content (AvgIpc) is 3.47. The maximum atomic E-state index is 12.9. The van der Waals surface area contributed by atoms with Crippen LogP contribution in [-0.4, -0.2) is 12.1 Å². The fraction of sp³-hybridized carbons (Fsp3) is 0.200. The molecule has 4 rings (SSSR count). The number of rotatable bonds is 5. The number of nitrogens with one attached hydrogen (secondary N) is 1. The van der Waals surface area contributed by atoms with Crippen molar-refractivity contribution in [3.8, 4) is 0 Å². The Morgan fingerprint density at radius 1 is 0.893 bits per heavy atom. The molecule has 3 nitrogen and oxygen atoms in total.